The van der Waals surface area contributed by atoms with Crippen molar-refractivity contribution in [2.24, 2.45) is 17.8 Å². The van der Waals surface area contributed by atoms with Gasteiger partial charge in [-0.2, -0.15) is 0 Å². The number of carboxylic acids is 1. The van der Waals surface area contributed by atoms with Gasteiger partial charge in [0, 0.05) is 0 Å². The summed E-state index contributed by atoms with van der Waals surface area (Å²) in [6.45, 7) is 2.13. The third kappa shape index (κ3) is 4.02. The van der Waals surface area contributed by atoms with Crippen LogP contribution in [-0.4, -0.2) is 11.1 Å². The summed E-state index contributed by atoms with van der Waals surface area (Å²) >= 11 is 0. The molecule has 2 rings (SSSR count). The molecule has 1 saturated carbocycles. The first kappa shape index (κ1) is 15.9. The second-order valence-electron chi connectivity index (χ2n) is 6.13. The number of carbonyl (C=O) groups is 1. The highest BCUT2D eigenvalue weighted by molar-refractivity contribution is 5.70. The van der Waals surface area contributed by atoms with Gasteiger partial charge in [-0.05, 0) is 55.2 Å². The van der Waals surface area contributed by atoms with E-state index in [1.54, 1.807) is 6.07 Å². The second kappa shape index (κ2) is 7.01. The van der Waals surface area contributed by atoms with Gasteiger partial charge >= 0.3 is 5.97 Å². The van der Waals surface area contributed by atoms with Gasteiger partial charge in [0.15, 0.2) is 11.6 Å². The van der Waals surface area contributed by atoms with Crippen LogP contribution in [0.4, 0.5) is 8.78 Å². The monoisotopic (exact) mass is 296 g/mol. The number of carboxylic acid groups (broad SMARTS) is 1. The fourth-order valence-corrected chi connectivity index (χ4v) is 3.55. The molecule has 0 aliphatic heterocycles. The third-order valence-corrected chi connectivity index (χ3v) is 4.59. The number of halogens is 2. The maximum Gasteiger partial charge on any atom is 0.306 e. The van der Waals surface area contributed by atoms with Crippen LogP contribution in [0.15, 0.2) is 18.2 Å². The van der Waals surface area contributed by atoms with Crippen molar-refractivity contribution >= 4 is 5.97 Å². The summed E-state index contributed by atoms with van der Waals surface area (Å²) in [4.78, 5) is 11.4. The number of aliphatic carboxylic acids is 1. The van der Waals surface area contributed by atoms with Crippen LogP contribution < -0.4 is 0 Å². The molecular formula is C17H22F2O2. The van der Waals surface area contributed by atoms with Crippen molar-refractivity contribution in [1.82, 2.24) is 0 Å². The van der Waals surface area contributed by atoms with Gasteiger partial charge in [0.05, 0.1) is 5.92 Å². The lowest BCUT2D eigenvalue weighted by Crippen LogP contribution is -2.32. The maximum atomic E-state index is 13.3. The molecule has 0 aromatic heterocycles. The van der Waals surface area contributed by atoms with Crippen LogP contribution in [0, 0.1) is 29.4 Å². The smallest absolute Gasteiger partial charge is 0.306 e. The molecule has 0 heterocycles. The molecule has 1 aromatic rings. The quantitative estimate of drug-likeness (QED) is 0.873. The van der Waals surface area contributed by atoms with Crippen LogP contribution in [0.3, 0.4) is 0 Å². The van der Waals surface area contributed by atoms with Gasteiger partial charge in [-0.1, -0.05) is 25.8 Å². The molecule has 1 aliphatic rings. The fourth-order valence-electron chi connectivity index (χ4n) is 3.55. The van der Waals surface area contributed by atoms with E-state index in [4.69, 9.17) is 0 Å². The fraction of sp³-hybridized carbons (Fsp3) is 0.588. The topological polar surface area (TPSA) is 37.3 Å². The standard InChI is InChI=1S/C17H22F2O2/c1-2-3-11-4-6-14(17(20)21)13(8-11)9-12-5-7-15(18)16(19)10-12/h5,7,10-11,13-14H,2-4,6,8-9H2,1H3,(H,20,21). The van der Waals surface area contributed by atoms with Crippen LogP contribution in [0.25, 0.3) is 0 Å². The highest BCUT2D eigenvalue weighted by Crippen LogP contribution is 2.38. The molecule has 21 heavy (non-hydrogen) atoms. The van der Waals surface area contributed by atoms with E-state index in [2.05, 4.69) is 6.92 Å². The van der Waals surface area contributed by atoms with E-state index in [0.717, 1.165) is 31.7 Å². The zero-order valence-electron chi connectivity index (χ0n) is 12.3. The number of hydrogen-bond donors (Lipinski definition) is 1. The van der Waals surface area contributed by atoms with Gasteiger partial charge in [-0.15, -0.1) is 0 Å². The van der Waals surface area contributed by atoms with E-state index < -0.39 is 17.6 Å². The van der Waals surface area contributed by atoms with Crippen molar-refractivity contribution < 1.29 is 18.7 Å². The third-order valence-electron chi connectivity index (χ3n) is 4.59. The average Bonchev–Trinajstić information content (AvgIpc) is 2.43. The van der Waals surface area contributed by atoms with Crippen molar-refractivity contribution in [2.45, 2.75) is 45.4 Å². The summed E-state index contributed by atoms with van der Waals surface area (Å²) in [5.41, 5.74) is 0.683. The molecule has 1 aromatic carbocycles. The molecule has 0 radical (unpaired) electrons. The van der Waals surface area contributed by atoms with Crippen molar-refractivity contribution in [2.75, 3.05) is 0 Å². The molecule has 0 amide bonds. The minimum atomic E-state index is -0.861. The van der Waals surface area contributed by atoms with Crippen LogP contribution in [0.1, 0.15) is 44.6 Å². The van der Waals surface area contributed by atoms with Gasteiger partial charge in [-0.3, -0.25) is 4.79 Å². The van der Waals surface area contributed by atoms with E-state index in [0.29, 0.717) is 24.3 Å². The van der Waals surface area contributed by atoms with Crippen molar-refractivity contribution in [3.05, 3.63) is 35.4 Å². The second-order valence-corrected chi connectivity index (χ2v) is 6.13. The van der Waals surface area contributed by atoms with Gasteiger partial charge < -0.3 is 5.11 Å². The summed E-state index contributed by atoms with van der Waals surface area (Å²) < 4.78 is 26.3. The van der Waals surface area contributed by atoms with Crippen molar-refractivity contribution in [1.29, 1.82) is 0 Å². The average molecular weight is 296 g/mol. The van der Waals surface area contributed by atoms with E-state index in [1.807, 2.05) is 0 Å². The zero-order chi connectivity index (χ0) is 15.4. The molecule has 3 unspecified atom stereocenters. The summed E-state index contributed by atoms with van der Waals surface area (Å²) in [6.07, 6.45) is 5.23. The molecule has 116 valence electrons. The van der Waals surface area contributed by atoms with Crippen LogP contribution in [0.5, 0.6) is 0 Å². The Morgan fingerprint density at radius 2 is 2.05 bits per heavy atom. The summed E-state index contributed by atoms with van der Waals surface area (Å²) in [5.74, 6) is -2.29. The van der Waals surface area contributed by atoms with Gasteiger partial charge in [0.25, 0.3) is 0 Å². The highest BCUT2D eigenvalue weighted by Gasteiger charge is 2.34. The van der Waals surface area contributed by atoms with Gasteiger partial charge in [0.2, 0.25) is 0 Å². The van der Waals surface area contributed by atoms with E-state index in [-0.39, 0.29) is 11.8 Å². The van der Waals surface area contributed by atoms with Crippen LogP contribution >= 0.6 is 0 Å². The molecule has 1 fully saturated rings. The largest absolute Gasteiger partial charge is 0.481 e. The van der Waals surface area contributed by atoms with Crippen LogP contribution in [0.2, 0.25) is 0 Å². The minimum Gasteiger partial charge on any atom is -0.481 e. The molecule has 4 heteroatoms. The Hall–Kier alpha value is -1.45. The first-order valence-electron chi connectivity index (χ1n) is 7.68. The van der Waals surface area contributed by atoms with E-state index in [1.165, 1.54) is 6.07 Å². The normalized spacial score (nSPS) is 25.8. The van der Waals surface area contributed by atoms with Crippen molar-refractivity contribution in [3.63, 3.8) is 0 Å². The number of hydrogen-bond acceptors (Lipinski definition) is 1. The summed E-state index contributed by atoms with van der Waals surface area (Å²) in [7, 11) is 0. The minimum absolute atomic E-state index is 0.0117. The maximum absolute atomic E-state index is 13.3. The Morgan fingerprint density at radius 1 is 1.29 bits per heavy atom. The lowest BCUT2D eigenvalue weighted by molar-refractivity contribution is -0.145. The Morgan fingerprint density at radius 3 is 2.67 bits per heavy atom. The summed E-state index contributed by atoms with van der Waals surface area (Å²) in [6, 6.07) is 3.87. The van der Waals surface area contributed by atoms with E-state index in [9.17, 15) is 18.7 Å². The summed E-state index contributed by atoms with van der Waals surface area (Å²) in [5, 5.41) is 9.37. The Bertz CT molecular complexity index is 502. The zero-order valence-corrected chi connectivity index (χ0v) is 12.3. The Balaban J connectivity index is 2.11. The number of benzene rings is 1. The molecule has 1 N–H and O–H groups in total. The van der Waals surface area contributed by atoms with Crippen molar-refractivity contribution in [3.8, 4) is 0 Å². The lowest BCUT2D eigenvalue weighted by Gasteiger charge is -2.34. The predicted octanol–water partition coefficient (Wildman–Crippen LogP) is 4.42. The van der Waals surface area contributed by atoms with Gasteiger partial charge in [0.1, 0.15) is 0 Å². The van der Waals surface area contributed by atoms with Gasteiger partial charge in [-0.25, -0.2) is 8.78 Å². The number of rotatable bonds is 5. The molecule has 0 bridgehead atoms. The Kier molecular flexibility index (Phi) is 5.32. The molecule has 0 spiro atoms. The Labute approximate surface area is 124 Å². The van der Waals surface area contributed by atoms with Crippen LogP contribution in [-0.2, 0) is 11.2 Å². The first-order chi connectivity index (χ1) is 10.0. The highest BCUT2D eigenvalue weighted by atomic mass is 19.2. The predicted molar refractivity (Wildman–Crippen MR) is 76.9 cm³/mol. The molecule has 1 aliphatic carbocycles. The molecular weight excluding hydrogens is 274 g/mol. The first-order valence-corrected chi connectivity index (χ1v) is 7.68. The lowest BCUT2D eigenvalue weighted by atomic mass is 9.70. The van der Waals surface area contributed by atoms with E-state index >= 15 is 0 Å². The SMILES string of the molecule is CCCC1CCC(C(=O)O)C(Cc2ccc(F)c(F)c2)C1. The molecule has 2 nitrogen and oxygen atoms in total. The molecule has 3 atom stereocenters. The molecule has 0 saturated heterocycles.